The van der Waals surface area contributed by atoms with Crippen molar-refractivity contribution in [1.82, 2.24) is 24.2 Å². The normalized spacial score (nSPS) is 11.1. The van der Waals surface area contributed by atoms with Gasteiger partial charge >= 0.3 is 0 Å². The first-order valence-corrected chi connectivity index (χ1v) is 9.81. The Hall–Kier alpha value is -3.49. The smallest absolute Gasteiger partial charge is 0.240 e. The van der Waals surface area contributed by atoms with E-state index < -0.39 is 10.0 Å². The zero-order valence-corrected chi connectivity index (χ0v) is 15.6. The number of nitriles is 1. The maximum absolute atomic E-state index is 12.4. The highest BCUT2D eigenvalue weighted by atomic mass is 32.2. The molecule has 28 heavy (non-hydrogen) atoms. The van der Waals surface area contributed by atoms with Crippen LogP contribution >= 0.6 is 0 Å². The molecule has 1 aromatic carbocycles. The van der Waals surface area contributed by atoms with E-state index in [0.29, 0.717) is 25.2 Å². The van der Waals surface area contributed by atoms with Crippen LogP contribution in [0.3, 0.4) is 0 Å². The molecule has 2 aromatic heterocycles. The summed E-state index contributed by atoms with van der Waals surface area (Å²) in [5.74, 6) is 0.281. The number of imidazole rings is 1. The van der Waals surface area contributed by atoms with E-state index in [2.05, 4.69) is 25.0 Å². The number of anilines is 3. The van der Waals surface area contributed by atoms with Gasteiger partial charge in [-0.1, -0.05) is 0 Å². The fourth-order valence-electron chi connectivity index (χ4n) is 2.36. The average Bonchev–Trinajstić information content (AvgIpc) is 3.19. The minimum atomic E-state index is -3.60. The Balaban J connectivity index is 1.58. The van der Waals surface area contributed by atoms with Crippen molar-refractivity contribution in [3.63, 3.8) is 0 Å². The van der Waals surface area contributed by atoms with Crippen molar-refractivity contribution in [3.8, 4) is 6.07 Å². The van der Waals surface area contributed by atoms with Gasteiger partial charge in [-0.2, -0.15) is 10.2 Å². The van der Waals surface area contributed by atoms with Crippen LogP contribution in [0.2, 0.25) is 0 Å². The van der Waals surface area contributed by atoms with Crippen molar-refractivity contribution in [2.24, 2.45) is 0 Å². The van der Waals surface area contributed by atoms with Gasteiger partial charge in [0, 0.05) is 31.2 Å². The molecular weight excluding hydrogens is 380 g/mol. The van der Waals surface area contributed by atoms with Crippen LogP contribution in [0.1, 0.15) is 12.0 Å². The largest absolute Gasteiger partial charge is 0.382 e. The molecule has 0 radical (unpaired) electrons. The van der Waals surface area contributed by atoms with Crippen LogP contribution in [-0.2, 0) is 16.6 Å². The fourth-order valence-corrected chi connectivity index (χ4v) is 3.43. The molecule has 0 atom stereocenters. The molecule has 0 amide bonds. The van der Waals surface area contributed by atoms with E-state index in [9.17, 15) is 8.42 Å². The van der Waals surface area contributed by atoms with Gasteiger partial charge in [0.25, 0.3) is 0 Å². The van der Waals surface area contributed by atoms with E-state index in [0.717, 1.165) is 0 Å². The van der Waals surface area contributed by atoms with Crippen LogP contribution in [0.4, 0.5) is 17.5 Å². The van der Waals surface area contributed by atoms with Crippen LogP contribution in [0.15, 0.2) is 54.1 Å². The fraction of sp³-hybridized carbons (Fsp3) is 0.176. The van der Waals surface area contributed by atoms with Gasteiger partial charge in [0.15, 0.2) is 0 Å². The number of nitrogens with one attached hydrogen (secondary N) is 2. The summed E-state index contributed by atoms with van der Waals surface area (Å²) >= 11 is 0. The molecule has 0 aliphatic rings. The lowest BCUT2D eigenvalue weighted by molar-refractivity contribution is 0.570. The van der Waals surface area contributed by atoms with E-state index in [1.165, 1.54) is 18.3 Å². The molecule has 0 aliphatic carbocycles. The van der Waals surface area contributed by atoms with Crippen molar-refractivity contribution in [2.45, 2.75) is 17.9 Å². The van der Waals surface area contributed by atoms with Gasteiger partial charge < -0.3 is 15.6 Å². The van der Waals surface area contributed by atoms with Crippen molar-refractivity contribution in [2.75, 3.05) is 17.6 Å². The van der Waals surface area contributed by atoms with Gasteiger partial charge in [-0.15, -0.1) is 0 Å². The second-order valence-electron chi connectivity index (χ2n) is 5.81. The first-order chi connectivity index (χ1) is 13.5. The number of benzene rings is 1. The number of hydrogen-bond acceptors (Lipinski definition) is 8. The van der Waals surface area contributed by atoms with Crippen LogP contribution in [-0.4, -0.2) is 34.5 Å². The van der Waals surface area contributed by atoms with Gasteiger partial charge in [0.2, 0.25) is 16.0 Å². The van der Waals surface area contributed by atoms with Crippen LogP contribution < -0.4 is 15.8 Å². The minimum Gasteiger partial charge on any atom is -0.382 e. The Kier molecular flexibility index (Phi) is 5.83. The van der Waals surface area contributed by atoms with E-state index >= 15 is 0 Å². The third-order valence-electron chi connectivity index (χ3n) is 3.80. The first-order valence-electron chi connectivity index (χ1n) is 8.33. The van der Waals surface area contributed by atoms with Gasteiger partial charge in [-0.25, -0.2) is 23.1 Å². The predicted molar refractivity (Wildman–Crippen MR) is 103 cm³/mol. The maximum Gasteiger partial charge on any atom is 0.240 e. The molecule has 0 saturated carbocycles. The van der Waals surface area contributed by atoms with Crippen molar-refractivity contribution in [1.29, 1.82) is 5.26 Å². The minimum absolute atomic E-state index is 0.0686. The molecule has 0 bridgehead atoms. The van der Waals surface area contributed by atoms with E-state index in [1.807, 2.05) is 16.8 Å². The summed E-state index contributed by atoms with van der Waals surface area (Å²) in [5.41, 5.74) is 6.42. The lowest BCUT2D eigenvalue weighted by Gasteiger charge is -2.09. The zero-order chi connectivity index (χ0) is 20.0. The molecule has 10 nitrogen and oxygen atoms in total. The standard InChI is InChI=1S/C17H18N8O2S/c18-10-13-11-21-17(24-16(13)19)23-14-2-4-15(5-3-14)28(26,27)22-6-1-8-25-9-7-20-12-25/h2-5,7,9,11-12,22H,1,6,8H2,(H3,19,21,23,24). The SMILES string of the molecule is N#Cc1cnc(Nc2ccc(S(=O)(=O)NCCCn3ccnc3)cc2)nc1N. The predicted octanol–water partition coefficient (Wildman–Crippen LogP) is 1.24. The highest BCUT2D eigenvalue weighted by molar-refractivity contribution is 7.89. The number of aryl methyl sites for hydroxylation is 1. The highest BCUT2D eigenvalue weighted by Gasteiger charge is 2.13. The monoisotopic (exact) mass is 398 g/mol. The Labute approximate surface area is 162 Å². The molecule has 2 heterocycles. The number of sulfonamides is 1. The molecule has 11 heteroatoms. The van der Waals surface area contributed by atoms with E-state index in [-0.39, 0.29) is 22.2 Å². The quantitative estimate of drug-likeness (QED) is 0.479. The molecule has 0 aliphatic heterocycles. The molecular formula is C17H18N8O2S. The summed E-state index contributed by atoms with van der Waals surface area (Å²) in [7, 11) is -3.60. The molecule has 144 valence electrons. The Morgan fingerprint density at radius 3 is 2.68 bits per heavy atom. The lowest BCUT2D eigenvalue weighted by atomic mass is 10.3. The van der Waals surface area contributed by atoms with Crippen LogP contribution in [0, 0.1) is 11.3 Å². The summed E-state index contributed by atoms with van der Waals surface area (Å²) < 4.78 is 29.2. The zero-order valence-electron chi connectivity index (χ0n) is 14.8. The van der Waals surface area contributed by atoms with Crippen LogP contribution in [0.5, 0.6) is 0 Å². The summed E-state index contributed by atoms with van der Waals surface area (Å²) in [6.45, 7) is 0.998. The number of nitrogens with zero attached hydrogens (tertiary/aromatic N) is 5. The molecule has 0 saturated heterocycles. The van der Waals surface area contributed by atoms with E-state index in [4.69, 9.17) is 11.0 Å². The van der Waals surface area contributed by atoms with Gasteiger partial charge in [0.1, 0.15) is 17.5 Å². The molecule has 0 fully saturated rings. The first kappa shape index (κ1) is 19.3. The van der Waals surface area contributed by atoms with Gasteiger partial charge in [-0.05, 0) is 30.7 Å². The Morgan fingerprint density at radius 2 is 2.04 bits per heavy atom. The Bertz CT molecular complexity index is 1070. The number of rotatable bonds is 8. The molecule has 0 unspecified atom stereocenters. The summed E-state index contributed by atoms with van der Waals surface area (Å²) in [5, 5.41) is 11.7. The van der Waals surface area contributed by atoms with Gasteiger partial charge in [0.05, 0.1) is 17.4 Å². The van der Waals surface area contributed by atoms with Crippen molar-refractivity contribution >= 4 is 27.5 Å². The second kappa shape index (κ2) is 8.47. The molecule has 0 spiro atoms. The number of aromatic nitrogens is 4. The summed E-state index contributed by atoms with van der Waals surface area (Å²) in [4.78, 5) is 12.1. The molecule has 3 rings (SSSR count). The number of nitrogens with two attached hydrogens (primary N) is 1. The van der Waals surface area contributed by atoms with Crippen molar-refractivity contribution in [3.05, 3.63) is 54.7 Å². The summed E-state index contributed by atoms with van der Waals surface area (Å²) in [6.07, 6.45) is 7.15. The van der Waals surface area contributed by atoms with E-state index in [1.54, 1.807) is 24.7 Å². The average molecular weight is 398 g/mol. The van der Waals surface area contributed by atoms with Crippen LogP contribution in [0.25, 0.3) is 0 Å². The number of nitrogen functional groups attached to an aromatic ring is 1. The van der Waals surface area contributed by atoms with Crippen molar-refractivity contribution < 1.29 is 8.42 Å². The lowest BCUT2D eigenvalue weighted by Crippen LogP contribution is -2.25. The third kappa shape index (κ3) is 4.81. The molecule has 4 N–H and O–H groups in total. The Morgan fingerprint density at radius 1 is 1.25 bits per heavy atom. The number of hydrogen-bond donors (Lipinski definition) is 3. The maximum atomic E-state index is 12.4. The molecule has 3 aromatic rings. The third-order valence-corrected chi connectivity index (χ3v) is 5.28. The second-order valence-corrected chi connectivity index (χ2v) is 7.57. The highest BCUT2D eigenvalue weighted by Crippen LogP contribution is 2.18. The van der Waals surface area contributed by atoms with Gasteiger partial charge in [-0.3, -0.25) is 0 Å². The summed E-state index contributed by atoms with van der Waals surface area (Å²) in [6, 6.07) is 8.03. The topological polar surface area (TPSA) is 152 Å².